The van der Waals surface area contributed by atoms with Crippen LogP contribution in [0.1, 0.15) is 20.2 Å². The van der Waals surface area contributed by atoms with Gasteiger partial charge in [0.25, 0.3) is 0 Å². The summed E-state index contributed by atoms with van der Waals surface area (Å²) < 4.78 is 4.51. The highest BCUT2D eigenvalue weighted by molar-refractivity contribution is 7.11. The predicted octanol–water partition coefficient (Wildman–Crippen LogP) is 2.15. The van der Waals surface area contributed by atoms with Crippen LogP contribution in [-0.4, -0.2) is 28.0 Å². The molecule has 21 heavy (non-hydrogen) atoms. The van der Waals surface area contributed by atoms with Crippen molar-refractivity contribution in [2.45, 2.75) is 13.5 Å². The number of nitrogens with zero attached hydrogens (tertiary/aromatic N) is 3. The van der Waals surface area contributed by atoms with E-state index in [4.69, 9.17) is 0 Å². The van der Waals surface area contributed by atoms with E-state index in [-0.39, 0.29) is 17.1 Å². The van der Waals surface area contributed by atoms with E-state index in [1.165, 1.54) is 24.6 Å². The van der Waals surface area contributed by atoms with Crippen molar-refractivity contribution in [2.75, 3.05) is 12.4 Å². The summed E-state index contributed by atoms with van der Waals surface area (Å²) in [5.41, 5.74) is -0.248. The van der Waals surface area contributed by atoms with Crippen molar-refractivity contribution >= 4 is 28.8 Å². The molecule has 2 aromatic heterocycles. The Morgan fingerprint density at radius 2 is 2.24 bits per heavy atom. The zero-order valence-corrected chi connectivity index (χ0v) is 12.1. The molecule has 0 radical (unpaired) electrons. The monoisotopic (exact) mass is 308 g/mol. The minimum Gasteiger partial charge on any atom is -0.465 e. The minimum absolute atomic E-state index is 0.0309. The summed E-state index contributed by atoms with van der Waals surface area (Å²) in [6.45, 7) is 2.25. The summed E-state index contributed by atoms with van der Waals surface area (Å²) in [4.78, 5) is 30.8. The number of rotatable bonds is 5. The molecular formula is C12H12N4O4S. The number of carbonyl (C=O) groups is 1. The molecular weight excluding hydrogens is 296 g/mol. The van der Waals surface area contributed by atoms with Gasteiger partial charge >= 0.3 is 11.7 Å². The van der Waals surface area contributed by atoms with Crippen LogP contribution < -0.4 is 5.32 Å². The maximum absolute atomic E-state index is 11.4. The Hall–Kier alpha value is -2.55. The molecule has 0 saturated carbocycles. The second kappa shape index (κ2) is 6.27. The van der Waals surface area contributed by atoms with Gasteiger partial charge < -0.3 is 10.1 Å². The smallest absolute Gasteiger partial charge is 0.339 e. The highest BCUT2D eigenvalue weighted by Gasteiger charge is 2.19. The van der Waals surface area contributed by atoms with Crippen molar-refractivity contribution in [2.24, 2.45) is 0 Å². The Kier molecular flexibility index (Phi) is 4.43. The lowest BCUT2D eigenvalue weighted by Gasteiger charge is -2.06. The van der Waals surface area contributed by atoms with Crippen molar-refractivity contribution in [3.63, 3.8) is 0 Å². The molecule has 0 spiro atoms. The summed E-state index contributed by atoms with van der Waals surface area (Å²) in [5.74, 6) is -0.575. The van der Waals surface area contributed by atoms with Crippen molar-refractivity contribution in [3.05, 3.63) is 44.0 Å². The number of nitro groups is 1. The lowest BCUT2D eigenvalue weighted by Crippen LogP contribution is -2.07. The summed E-state index contributed by atoms with van der Waals surface area (Å²) in [5, 5.41) is 14.9. The molecule has 110 valence electrons. The fourth-order valence-corrected chi connectivity index (χ4v) is 2.35. The molecule has 2 rings (SSSR count). The van der Waals surface area contributed by atoms with E-state index >= 15 is 0 Å². The molecule has 1 N–H and O–H groups in total. The average molecular weight is 308 g/mol. The SMILES string of the molecule is COC(=O)c1cnc(NCc2cnc(C)s2)c([N+](=O)[O-])c1. The third-order valence-electron chi connectivity index (χ3n) is 2.58. The Morgan fingerprint density at radius 3 is 2.81 bits per heavy atom. The number of aryl methyl sites for hydroxylation is 1. The summed E-state index contributed by atoms with van der Waals surface area (Å²) >= 11 is 1.49. The molecule has 8 nitrogen and oxygen atoms in total. The van der Waals surface area contributed by atoms with Gasteiger partial charge in [-0.1, -0.05) is 0 Å². The Balaban J connectivity index is 2.22. The van der Waals surface area contributed by atoms with Crippen LogP contribution >= 0.6 is 11.3 Å². The van der Waals surface area contributed by atoms with Gasteiger partial charge in [-0.05, 0) is 6.92 Å². The van der Waals surface area contributed by atoms with Gasteiger partial charge in [-0.3, -0.25) is 10.1 Å². The molecule has 0 aliphatic rings. The fraction of sp³-hybridized carbons (Fsp3) is 0.250. The largest absolute Gasteiger partial charge is 0.465 e. The Morgan fingerprint density at radius 1 is 1.48 bits per heavy atom. The Bertz CT molecular complexity index is 686. The van der Waals surface area contributed by atoms with Gasteiger partial charge in [0.1, 0.15) is 0 Å². The van der Waals surface area contributed by atoms with Crippen LogP contribution in [0, 0.1) is 17.0 Å². The molecule has 0 fully saturated rings. The maximum atomic E-state index is 11.4. The first-order valence-corrected chi connectivity index (χ1v) is 6.71. The van der Waals surface area contributed by atoms with E-state index in [0.717, 1.165) is 16.0 Å². The summed E-state index contributed by atoms with van der Waals surface area (Å²) in [6.07, 6.45) is 2.93. The first-order chi connectivity index (χ1) is 10.0. The molecule has 0 saturated heterocycles. The van der Waals surface area contributed by atoms with Crippen LogP contribution in [0.2, 0.25) is 0 Å². The second-order valence-corrected chi connectivity index (χ2v) is 5.36. The van der Waals surface area contributed by atoms with Crippen molar-refractivity contribution in [3.8, 4) is 0 Å². The fourth-order valence-electron chi connectivity index (χ4n) is 1.62. The van der Waals surface area contributed by atoms with Gasteiger partial charge in [0.15, 0.2) is 0 Å². The van der Waals surface area contributed by atoms with E-state index in [0.29, 0.717) is 6.54 Å². The molecule has 0 aromatic carbocycles. The number of esters is 1. The number of methoxy groups -OCH3 is 1. The highest BCUT2D eigenvalue weighted by atomic mass is 32.1. The number of pyridine rings is 1. The highest BCUT2D eigenvalue weighted by Crippen LogP contribution is 2.24. The van der Waals surface area contributed by atoms with Crippen LogP contribution in [0.25, 0.3) is 0 Å². The van der Waals surface area contributed by atoms with Crippen LogP contribution in [-0.2, 0) is 11.3 Å². The summed E-state index contributed by atoms with van der Waals surface area (Å²) in [6, 6.07) is 1.14. The zero-order chi connectivity index (χ0) is 15.4. The maximum Gasteiger partial charge on any atom is 0.339 e. The predicted molar refractivity (Wildman–Crippen MR) is 76.4 cm³/mol. The molecule has 0 bridgehead atoms. The standard InChI is InChI=1S/C12H12N4O4S/c1-7-13-5-9(21-7)6-15-11-10(16(18)19)3-8(4-14-11)12(17)20-2/h3-5H,6H2,1-2H3,(H,14,15). The van der Waals surface area contributed by atoms with Crippen molar-refractivity contribution < 1.29 is 14.5 Å². The van der Waals surface area contributed by atoms with Gasteiger partial charge in [-0.15, -0.1) is 11.3 Å². The van der Waals surface area contributed by atoms with E-state index < -0.39 is 10.9 Å². The van der Waals surface area contributed by atoms with Crippen LogP contribution in [0.3, 0.4) is 0 Å². The normalized spacial score (nSPS) is 10.2. The first-order valence-electron chi connectivity index (χ1n) is 5.89. The van der Waals surface area contributed by atoms with Gasteiger partial charge in [0.2, 0.25) is 5.82 Å². The lowest BCUT2D eigenvalue weighted by atomic mass is 10.2. The number of hydrogen-bond acceptors (Lipinski definition) is 8. The molecule has 0 aliphatic carbocycles. The minimum atomic E-state index is -0.671. The van der Waals surface area contributed by atoms with Gasteiger partial charge in [-0.2, -0.15) is 0 Å². The first kappa shape index (κ1) is 14.9. The Labute approximate surface area is 124 Å². The van der Waals surface area contributed by atoms with E-state index in [1.807, 2.05) is 6.92 Å². The van der Waals surface area contributed by atoms with Crippen molar-refractivity contribution in [1.29, 1.82) is 0 Å². The number of thiazole rings is 1. The van der Waals surface area contributed by atoms with Crippen molar-refractivity contribution in [1.82, 2.24) is 9.97 Å². The number of anilines is 1. The number of ether oxygens (including phenoxy) is 1. The van der Waals surface area contributed by atoms with Crippen LogP contribution in [0.5, 0.6) is 0 Å². The third kappa shape index (κ3) is 3.51. The molecule has 0 amide bonds. The average Bonchev–Trinajstić information content (AvgIpc) is 2.89. The van der Waals surface area contributed by atoms with E-state index in [1.54, 1.807) is 6.20 Å². The second-order valence-electron chi connectivity index (χ2n) is 4.04. The molecule has 0 unspecified atom stereocenters. The van der Waals surface area contributed by atoms with Crippen LogP contribution in [0.15, 0.2) is 18.5 Å². The number of aromatic nitrogens is 2. The number of nitrogens with one attached hydrogen (secondary N) is 1. The zero-order valence-electron chi connectivity index (χ0n) is 11.3. The third-order valence-corrected chi connectivity index (χ3v) is 3.50. The molecule has 2 heterocycles. The van der Waals surface area contributed by atoms with Gasteiger partial charge in [0, 0.05) is 23.3 Å². The molecule has 0 aliphatic heterocycles. The van der Waals surface area contributed by atoms with Gasteiger partial charge in [0.05, 0.1) is 29.1 Å². The molecule has 2 aromatic rings. The van der Waals surface area contributed by atoms with E-state index in [2.05, 4.69) is 20.0 Å². The van der Waals surface area contributed by atoms with Gasteiger partial charge in [-0.25, -0.2) is 14.8 Å². The lowest BCUT2D eigenvalue weighted by molar-refractivity contribution is -0.384. The molecule has 9 heteroatoms. The molecule has 0 atom stereocenters. The van der Waals surface area contributed by atoms with E-state index in [9.17, 15) is 14.9 Å². The quantitative estimate of drug-likeness (QED) is 0.512. The topological polar surface area (TPSA) is 107 Å². The number of carbonyl (C=O) groups excluding carboxylic acids is 1. The number of hydrogen-bond donors (Lipinski definition) is 1. The van der Waals surface area contributed by atoms with Crippen LogP contribution in [0.4, 0.5) is 11.5 Å². The summed E-state index contributed by atoms with van der Waals surface area (Å²) in [7, 11) is 1.20.